The Morgan fingerprint density at radius 1 is 1.44 bits per heavy atom. The molecule has 0 heterocycles. The van der Waals surface area contributed by atoms with E-state index in [2.05, 4.69) is 10.1 Å². The maximum Gasteiger partial charge on any atom is 0.245 e. The van der Waals surface area contributed by atoms with Crippen LogP contribution in [0.2, 0.25) is 0 Å². The largest absolute Gasteiger partial charge is 0.375 e. The highest BCUT2D eigenvalue weighted by Crippen LogP contribution is 1.97. The van der Waals surface area contributed by atoms with Gasteiger partial charge >= 0.3 is 0 Å². The van der Waals surface area contributed by atoms with Gasteiger partial charge < -0.3 is 10.1 Å². The highest BCUT2D eigenvalue weighted by atomic mass is 32.2. The fraction of sp³-hybridized carbons (Fsp3) is 0.889. The molecule has 7 heteroatoms. The third-order valence-corrected chi connectivity index (χ3v) is 3.38. The summed E-state index contributed by atoms with van der Waals surface area (Å²) in [5.74, 6) is -0.190. The second kappa shape index (κ2) is 7.59. The molecule has 16 heavy (non-hydrogen) atoms. The van der Waals surface area contributed by atoms with Crippen molar-refractivity contribution in [1.29, 1.82) is 0 Å². The quantitative estimate of drug-likeness (QED) is 0.586. The van der Waals surface area contributed by atoms with Crippen molar-refractivity contribution in [3.8, 4) is 0 Å². The van der Waals surface area contributed by atoms with Gasteiger partial charge in [0.1, 0.15) is 6.61 Å². The first-order chi connectivity index (χ1) is 7.41. The molecule has 0 aliphatic heterocycles. The summed E-state index contributed by atoms with van der Waals surface area (Å²) < 4.78 is 28.4. The second-order valence-electron chi connectivity index (χ2n) is 3.39. The summed E-state index contributed by atoms with van der Waals surface area (Å²) in [6.45, 7) is 3.13. The summed E-state index contributed by atoms with van der Waals surface area (Å²) in [5.41, 5.74) is 0. The van der Waals surface area contributed by atoms with E-state index >= 15 is 0 Å². The maximum absolute atomic E-state index is 11.2. The molecule has 0 atom stereocenters. The molecule has 0 aliphatic carbocycles. The molecule has 0 aromatic carbocycles. The van der Waals surface area contributed by atoms with Gasteiger partial charge in [-0.2, -0.15) is 0 Å². The van der Waals surface area contributed by atoms with Gasteiger partial charge in [-0.25, -0.2) is 12.7 Å². The third kappa shape index (κ3) is 6.76. The summed E-state index contributed by atoms with van der Waals surface area (Å²) in [5, 5.41) is 2.63. The van der Waals surface area contributed by atoms with Gasteiger partial charge in [0.25, 0.3) is 0 Å². The van der Waals surface area contributed by atoms with Crippen LogP contribution in [0.15, 0.2) is 0 Å². The molecule has 0 unspecified atom stereocenters. The van der Waals surface area contributed by atoms with Gasteiger partial charge in [-0.15, -0.1) is 0 Å². The van der Waals surface area contributed by atoms with Crippen molar-refractivity contribution >= 4 is 15.9 Å². The van der Waals surface area contributed by atoms with E-state index in [4.69, 9.17) is 0 Å². The first-order valence-corrected chi connectivity index (χ1v) is 6.97. The molecule has 1 amide bonds. The van der Waals surface area contributed by atoms with Gasteiger partial charge in [0.05, 0.1) is 6.26 Å². The van der Waals surface area contributed by atoms with Crippen LogP contribution in [0.4, 0.5) is 0 Å². The number of sulfonamides is 1. The van der Waals surface area contributed by atoms with Gasteiger partial charge in [0, 0.05) is 26.7 Å². The lowest BCUT2D eigenvalue weighted by Crippen LogP contribution is -2.34. The van der Waals surface area contributed by atoms with Crippen LogP contribution in [0.3, 0.4) is 0 Å². The average molecular weight is 252 g/mol. The van der Waals surface area contributed by atoms with Crippen LogP contribution in [0.1, 0.15) is 13.3 Å². The highest BCUT2D eigenvalue weighted by molar-refractivity contribution is 7.88. The van der Waals surface area contributed by atoms with Gasteiger partial charge in [0.15, 0.2) is 0 Å². The Bertz CT molecular complexity index is 303. The number of nitrogens with one attached hydrogen (secondary N) is 1. The average Bonchev–Trinajstić information content (AvgIpc) is 2.16. The Morgan fingerprint density at radius 3 is 2.50 bits per heavy atom. The number of carbonyl (C=O) groups is 1. The first-order valence-electron chi connectivity index (χ1n) is 5.12. The van der Waals surface area contributed by atoms with Crippen LogP contribution in [0, 0.1) is 0 Å². The molecule has 6 nitrogen and oxygen atoms in total. The smallest absolute Gasteiger partial charge is 0.245 e. The second-order valence-corrected chi connectivity index (χ2v) is 5.37. The van der Waals surface area contributed by atoms with Crippen molar-refractivity contribution in [2.75, 3.05) is 39.6 Å². The van der Waals surface area contributed by atoms with E-state index in [1.165, 1.54) is 17.7 Å². The van der Waals surface area contributed by atoms with Gasteiger partial charge in [-0.1, -0.05) is 6.92 Å². The number of methoxy groups -OCH3 is 1. The van der Waals surface area contributed by atoms with Gasteiger partial charge in [0.2, 0.25) is 15.9 Å². The lowest BCUT2D eigenvalue weighted by molar-refractivity contribution is -0.124. The number of hydrogen-bond acceptors (Lipinski definition) is 4. The molecule has 0 aromatic rings. The summed E-state index contributed by atoms with van der Waals surface area (Å²) in [4.78, 5) is 11.0. The number of ether oxygens (including phenoxy) is 1. The minimum absolute atomic E-state index is 0.0313. The normalized spacial score (nSPS) is 11.8. The highest BCUT2D eigenvalue weighted by Gasteiger charge is 2.13. The topological polar surface area (TPSA) is 75.7 Å². The number of amides is 1. The lowest BCUT2D eigenvalue weighted by atomic mass is 10.4. The van der Waals surface area contributed by atoms with E-state index in [-0.39, 0.29) is 12.5 Å². The summed E-state index contributed by atoms with van der Waals surface area (Å²) >= 11 is 0. The zero-order valence-corrected chi connectivity index (χ0v) is 10.8. The van der Waals surface area contributed by atoms with Crippen molar-refractivity contribution in [2.24, 2.45) is 0 Å². The number of nitrogens with zero attached hydrogens (tertiary/aromatic N) is 1. The SMILES string of the molecule is CCN(CCCNC(=O)COC)S(C)(=O)=O. The van der Waals surface area contributed by atoms with E-state index < -0.39 is 10.0 Å². The number of carbonyl (C=O) groups excluding carboxylic acids is 1. The molecule has 1 N–H and O–H groups in total. The fourth-order valence-corrected chi connectivity index (χ4v) is 2.15. The van der Waals surface area contributed by atoms with Crippen LogP contribution in [0.25, 0.3) is 0 Å². The van der Waals surface area contributed by atoms with E-state index in [1.807, 2.05) is 0 Å². The standard InChI is InChI=1S/C9H20N2O4S/c1-4-11(16(3,13)14)7-5-6-10-9(12)8-15-2/h4-8H2,1-3H3,(H,10,12). The van der Waals surface area contributed by atoms with Crippen molar-refractivity contribution < 1.29 is 17.9 Å². The van der Waals surface area contributed by atoms with Crippen LogP contribution < -0.4 is 5.32 Å². The van der Waals surface area contributed by atoms with Crippen molar-refractivity contribution in [1.82, 2.24) is 9.62 Å². The van der Waals surface area contributed by atoms with Crippen LogP contribution in [0.5, 0.6) is 0 Å². The van der Waals surface area contributed by atoms with Gasteiger partial charge in [-0.05, 0) is 6.42 Å². The fourth-order valence-electron chi connectivity index (χ4n) is 1.22. The first kappa shape index (κ1) is 15.3. The Kier molecular flexibility index (Phi) is 7.27. The maximum atomic E-state index is 11.2. The zero-order valence-electron chi connectivity index (χ0n) is 10.0. The molecular formula is C9H20N2O4S. The molecule has 0 aliphatic rings. The van der Waals surface area contributed by atoms with Crippen molar-refractivity contribution in [3.63, 3.8) is 0 Å². The van der Waals surface area contributed by atoms with Crippen LogP contribution in [-0.2, 0) is 19.6 Å². The Balaban J connectivity index is 3.77. The minimum atomic E-state index is -3.13. The summed E-state index contributed by atoms with van der Waals surface area (Å²) in [6.07, 6.45) is 1.77. The van der Waals surface area contributed by atoms with E-state index in [1.54, 1.807) is 6.92 Å². The van der Waals surface area contributed by atoms with E-state index in [0.29, 0.717) is 26.1 Å². The molecule has 0 saturated carbocycles. The molecule has 0 rings (SSSR count). The van der Waals surface area contributed by atoms with Crippen molar-refractivity contribution in [2.45, 2.75) is 13.3 Å². The molecular weight excluding hydrogens is 232 g/mol. The van der Waals surface area contributed by atoms with E-state index in [0.717, 1.165) is 0 Å². The predicted octanol–water partition coefficient (Wildman–Crippen LogP) is -0.579. The Hall–Kier alpha value is -0.660. The minimum Gasteiger partial charge on any atom is -0.375 e. The molecule has 0 aromatic heterocycles. The number of hydrogen-bond donors (Lipinski definition) is 1. The zero-order chi connectivity index (χ0) is 12.6. The third-order valence-electron chi connectivity index (χ3n) is 2.00. The summed E-state index contributed by atoms with van der Waals surface area (Å²) in [6, 6.07) is 0. The molecule has 0 fully saturated rings. The molecule has 0 spiro atoms. The Morgan fingerprint density at radius 2 is 2.06 bits per heavy atom. The summed E-state index contributed by atoms with van der Waals surface area (Å²) in [7, 11) is -1.68. The number of rotatable bonds is 8. The molecule has 0 saturated heterocycles. The molecule has 96 valence electrons. The Labute approximate surface area is 97.0 Å². The molecule has 0 bridgehead atoms. The van der Waals surface area contributed by atoms with Crippen LogP contribution >= 0.6 is 0 Å². The lowest BCUT2D eigenvalue weighted by Gasteiger charge is -2.17. The van der Waals surface area contributed by atoms with Crippen molar-refractivity contribution in [3.05, 3.63) is 0 Å². The van der Waals surface area contributed by atoms with Gasteiger partial charge in [-0.3, -0.25) is 4.79 Å². The van der Waals surface area contributed by atoms with E-state index in [9.17, 15) is 13.2 Å². The predicted molar refractivity (Wildman–Crippen MR) is 61.6 cm³/mol. The monoisotopic (exact) mass is 252 g/mol. The molecule has 0 radical (unpaired) electrons. The van der Waals surface area contributed by atoms with Crippen LogP contribution in [-0.4, -0.2) is 58.2 Å².